The molecule has 0 unspecified atom stereocenters. The lowest BCUT2D eigenvalue weighted by atomic mass is 10.2. The molecule has 1 aromatic carbocycles. The van der Waals surface area contributed by atoms with Crippen LogP contribution in [0.3, 0.4) is 0 Å². The maximum atomic E-state index is 12.1. The highest BCUT2D eigenvalue weighted by atomic mass is 35.5. The second-order valence-electron chi connectivity index (χ2n) is 3.85. The SMILES string of the molecule is COC(=O)Oc1cccc2c(=O)c(CC(=O)Cl)[n+]([O-])oc12. The Morgan fingerprint density at radius 3 is 2.76 bits per heavy atom. The van der Waals surface area contributed by atoms with E-state index in [1.165, 1.54) is 18.2 Å². The van der Waals surface area contributed by atoms with E-state index in [2.05, 4.69) is 4.74 Å². The van der Waals surface area contributed by atoms with Crippen LogP contribution in [-0.2, 0) is 16.0 Å². The van der Waals surface area contributed by atoms with Crippen LogP contribution in [-0.4, -0.2) is 18.5 Å². The summed E-state index contributed by atoms with van der Waals surface area (Å²) in [6, 6.07) is 4.08. The van der Waals surface area contributed by atoms with E-state index in [4.69, 9.17) is 20.9 Å². The van der Waals surface area contributed by atoms with Gasteiger partial charge in [-0.3, -0.25) is 14.8 Å². The van der Waals surface area contributed by atoms with Crippen molar-refractivity contribution in [1.82, 2.24) is 0 Å². The summed E-state index contributed by atoms with van der Waals surface area (Å²) in [4.78, 5) is 33.9. The van der Waals surface area contributed by atoms with Gasteiger partial charge in [-0.1, -0.05) is 6.07 Å². The van der Waals surface area contributed by atoms with Crippen molar-refractivity contribution >= 4 is 34.0 Å². The molecule has 0 bridgehead atoms. The minimum absolute atomic E-state index is 0.0311. The average molecular weight is 314 g/mol. The van der Waals surface area contributed by atoms with Crippen LogP contribution >= 0.6 is 11.6 Å². The number of carbonyl (C=O) groups is 2. The zero-order chi connectivity index (χ0) is 15.6. The van der Waals surface area contributed by atoms with E-state index in [-0.39, 0.29) is 21.6 Å². The van der Waals surface area contributed by atoms with Crippen molar-refractivity contribution in [1.29, 1.82) is 0 Å². The number of nitrogens with zero attached hydrogens (tertiary/aromatic N) is 1. The van der Waals surface area contributed by atoms with Crippen molar-refractivity contribution in [2.75, 3.05) is 7.11 Å². The zero-order valence-electron chi connectivity index (χ0n) is 10.6. The van der Waals surface area contributed by atoms with Gasteiger partial charge in [0.05, 0.1) is 17.4 Å². The molecule has 0 atom stereocenters. The standard InChI is InChI=1S/C12H8ClNO7/c1-19-12(17)20-8-4-2-3-6-10(16)7(5-9(13)15)14(18)21-11(6)8/h2-4H,5H2,1H3. The third kappa shape index (κ3) is 2.95. The molecule has 0 aliphatic rings. The summed E-state index contributed by atoms with van der Waals surface area (Å²) < 4.78 is 13.9. The summed E-state index contributed by atoms with van der Waals surface area (Å²) in [6.07, 6.45) is -1.62. The molecule has 0 N–H and O–H groups in total. The van der Waals surface area contributed by atoms with Gasteiger partial charge in [0.2, 0.25) is 5.24 Å². The third-order valence-corrected chi connectivity index (χ3v) is 2.68. The minimum atomic E-state index is -1.04. The van der Waals surface area contributed by atoms with E-state index in [1.54, 1.807) is 0 Å². The number of fused-ring (bicyclic) bond motifs is 1. The van der Waals surface area contributed by atoms with E-state index < -0.39 is 28.9 Å². The quantitative estimate of drug-likeness (QED) is 0.358. The summed E-state index contributed by atoms with van der Waals surface area (Å²) in [6.45, 7) is 0. The average Bonchev–Trinajstić information content (AvgIpc) is 2.44. The highest BCUT2D eigenvalue weighted by molar-refractivity contribution is 6.63. The molecule has 1 aromatic heterocycles. The van der Waals surface area contributed by atoms with Gasteiger partial charge in [-0.2, -0.15) is 0 Å². The smallest absolute Gasteiger partial charge is 0.437 e. The molecule has 0 saturated carbocycles. The van der Waals surface area contributed by atoms with Crippen LogP contribution in [0.2, 0.25) is 0 Å². The molecule has 2 aromatic rings. The molecule has 0 radical (unpaired) electrons. The summed E-state index contributed by atoms with van der Waals surface area (Å²) in [5, 5.41) is 10.8. The molecule has 0 aliphatic carbocycles. The number of aromatic nitrogens is 1. The number of methoxy groups -OCH3 is 1. The Hall–Kier alpha value is -2.61. The number of hydrogen-bond donors (Lipinski definition) is 0. The number of halogens is 1. The van der Waals surface area contributed by atoms with Crippen LogP contribution in [0.1, 0.15) is 5.69 Å². The summed E-state index contributed by atoms with van der Waals surface area (Å²) in [5.74, 6) is -0.162. The molecule has 2 rings (SSSR count). The van der Waals surface area contributed by atoms with Gasteiger partial charge in [0, 0.05) is 0 Å². The lowest BCUT2D eigenvalue weighted by Crippen LogP contribution is -2.39. The van der Waals surface area contributed by atoms with Crippen LogP contribution < -0.4 is 15.1 Å². The first-order valence-electron chi connectivity index (χ1n) is 5.57. The van der Waals surface area contributed by atoms with Crippen molar-refractivity contribution in [3.8, 4) is 5.75 Å². The molecule has 0 aliphatic heterocycles. The molecular weight excluding hydrogens is 306 g/mol. The Morgan fingerprint density at radius 1 is 1.43 bits per heavy atom. The van der Waals surface area contributed by atoms with E-state index in [9.17, 15) is 19.6 Å². The maximum absolute atomic E-state index is 12.1. The Morgan fingerprint density at radius 2 is 2.14 bits per heavy atom. The first-order valence-corrected chi connectivity index (χ1v) is 5.94. The fourth-order valence-corrected chi connectivity index (χ4v) is 1.78. The lowest BCUT2D eigenvalue weighted by molar-refractivity contribution is -0.799. The third-order valence-electron chi connectivity index (χ3n) is 2.55. The van der Waals surface area contributed by atoms with Crippen molar-refractivity contribution in [3.05, 3.63) is 39.3 Å². The first kappa shape index (κ1) is 14.8. The molecule has 8 nitrogen and oxygen atoms in total. The topological polar surface area (TPSA) is 110 Å². The second kappa shape index (κ2) is 5.80. The fraction of sp³-hybridized carbons (Fsp3) is 0.167. The molecule has 9 heteroatoms. The van der Waals surface area contributed by atoms with Crippen molar-refractivity contribution < 1.29 is 28.5 Å². The van der Waals surface area contributed by atoms with Crippen LogP contribution in [0, 0.1) is 5.21 Å². The molecule has 0 spiro atoms. The Balaban J connectivity index is 2.65. The van der Waals surface area contributed by atoms with E-state index in [1.807, 2.05) is 0 Å². The largest absolute Gasteiger partial charge is 0.513 e. The number of benzene rings is 1. The fourth-order valence-electron chi connectivity index (χ4n) is 1.65. The number of ether oxygens (including phenoxy) is 2. The van der Waals surface area contributed by atoms with Gasteiger partial charge in [0.1, 0.15) is 12.0 Å². The van der Waals surface area contributed by atoms with Crippen molar-refractivity contribution in [2.45, 2.75) is 6.42 Å². The number of para-hydroxylation sites is 1. The predicted molar refractivity (Wildman–Crippen MR) is 69.0 cm³/mol. The predicted octanol–water partition coefficient (Wildman–Crippen LogP) is 0.879. The number of carbonyl (C=O) groups excluding carboxylic acids is 2. The molecule has 0 amide bonds. The van der Waals surface area contributed by atoms with Gasteiger partial charge in [-0.05, 0) is 23.7 Å². The van der Waals surface area contributed by atoms with Crippen molar-refractivity contribution in [2.24, 2.45) is 0 Å². The summed E-state index contributed by atoms with van der Waals surface area (Å²) >= 11 is 5.17. The van der Waals surface area contributed by atoms with Crippen LogP contribution in [0.5, 0.6) is 5.75 Å². The van der Waals surface area contributed by atoms with Crippen LogP contribution in [0.4, 0.5) is 4.79 Å². The van der Waals surface area contributed by atoms with Gasteiger partial charge in [-0.25, -0.2) is 4.79 Å². The minimum Gasteiger partial charge on any atom is -0.437 e. The monoisotopic (exact) mass is 313 g/mol. The number of rotatable bonds is 3. The van der Waals surface area contributed by atoms with Gasteiger partial charge >= 0.3 is 11.8 Å². The van der Waals surface area contributed by atoms with Crippen molar-refractivity contribution in [3.63, 3.8) is 0 Å². The maximum Gasteiger partial charge on any atom is 0.513 e. The molecule has 0 saturated heterocycles. The van der Waals surface area contributed by atoms with Gasteiger partial charge in [0.15, 0.2) is 5.75 Å². The molecular formula is C12H8ClNO7. The lowest BCUT2D eigenvalue weighted by Gasteiger charge is -2.07. The van der Waals surface area contributed by atoms with Gasteiger partial charge in [0.25, 0.3) is 5.43 Å². The Labute approximate surface area is 122 Å². The molecule has 21 heavy (non-hydrogen) atoms. The van der Waals surface area contributed by atoms with E-state index in [0.717, 1.165) is 7.11 Å². The normalized spacial score (nSPS) is 10.4. The molecule has 110 valence electrons. The van der Waals surface area contributed by atoms with E-state index in [0.29, 0.717) is 0 Å². The molecule has 0 fully saturated rings. The highest BCUT2D eigenvalue weighted by Crippen LogP contribution is 2.23. The molecule has 1 heterocycles. The van der Waals surface area contributed by atoms with E-state index >= 15 is 0 Å². The zero-order valence-corrected chi connectivity index (χ0v) is 11.4. The highest BCUT2D eigenvalue weighted by Gasteiger charge is 2.22. The van der Waals surface area contributed by atoms with Crippen LogP contribution in [0.25, 0.3) is 11.0 Å². The van der Waals surface area contributed by atoms with Gasteiger partial charge in [-0.15, -0.1) is 0 Å². The number of hydrogen-bond acceptors (Lipinski definition) is 7. The Kier molecular flexibility index (Phi) is 4.08. The van der Waals surface area contributed by atoms with Crippen LogP contribution in [0.15, 0.2) is 27.5 Å². The van der Waals surface area contributed by atoms with Gasteiger partial charge < -0.3 is 14.0 Å². The first-order chi connectivity index (χ1) is 9.93. The second-order valence-corrected chi connectivity index (χ2v) is 4.27. The Bertz CT molecular complexity index is 783. The summed E-state index contributed by atoms with van der Waals surface area (Å²) in [7, 11) is 1.10. The summed E-state index contributed by atoms with van der Waals surface area (Å²) in [5.41, 5.74) is -1.44.